The van der Waals surface area contributed by atoms with Crippen molar-refractivity contribution in [3.8, 4) is 0 Å². The number of carbonyl (C=O) groups excluding carboxylic acids is 2. The number of hydrogen-bond donors (Lipinski definition) is 0. The number of amides is 2. The van der Waals surface area contributed by atoms with Gasteiger partial charge in [-0.25, -0.2) is 0 Å². The van der Waals surface area contributed by atoms with Crippen LogP contribution in [0.5, 0.6) is 0 Å². The number of hydrogen-bond acceptors (Lipinski definition) is 4. The summed E-state index contributed by atoms with van der Waals surface area (Å²) < 4.78 is 0. The van der Waals surface area contributed by atoms with Crippen molar-refractivity contribution in [1.82, 2.24) is 9.80 Å². The van der Waals surface area contributed by atoms with Crippen LogP contribution in [0, 0.1) is 0 Å². The van der Waals surface area contributed by atoms with Gasteiger partial charge in [0.25, 0.3) is 0 Å². The molecule has 2 atom stereocenters. The molecular weight excluding hydrogens is 557 g/mol. The summed E-state index contributed by atoms with van der Waals surface area (Å²) in [7, 11) is 0. The Morgan fingerprint density at radius 3 is 1.43 bits per heavy atom. The van der Waals surface area contributed by atoms with E-state index in [1.54, 1.807) is 0 Å². The van der Waals surface area contributed by atoms with E-state index in [2.05, 4.69) is 87.7 Å². The molecule has 0 saturated heterocycles. The Kier molecular flexibility index (Phi) is 9.55. The zero-order valence-electron chi connectivity index (χ0n) is 24.4. The van der Waals surface area contributed by atoms with Crippen LogP contribution in [0.1, 0.15) is 67.4 Å². The Balaban J connectivity index is 0.000000168. The van der Waals surface area contributed by atoms with Crippen molar-refractivity contribution in [2.24, 2.45) is 0 Å². The molecule has 4 heterocycles. The maximum Gasteiger partial charge on any atom is 0.246 e. The Bertz CT molecular complexity index is 1440. The van der Waals surface area contributed by atoms with Gasteiger partial charge >= 0.3 is 0 Å². The van der Waals surface area contributed by atoms with Gasteiger partial charge in [0.2, 0.25) is 11.8 Å². The minimum Gasteiger partial charge on any atom is -0.333 e. The molecule has 0 N–H and O–H groups in total. The molecule has 0 spiro atoms. The first-order valence-electron chi connectivity index (χ1n) is 14.6. The monoisotopic (exact) mass is 594 g/mol. The summed E-state index contributed by atoms with van der Waals surface area (Å²) in [6.07, 6.45) is 4.94. The first kappa shape index (κ1) is 29.7. The van der Waals surface area contributed by atoms with Gasteiger partial charge in [0.1, 0.15) is 0 Å². The van der Waals surface area contributed by atoms with Crippen molar-refractivity contribution in [2.75, 3.05) is 13.1 Å². The van der Waals surface area contributed by atoms with E-state index < -0.39 is 0 Å². The lowest BCUT2D eigenvalue weighted by atomic mass is 9.88. The summed E-state index contributed by atoms with van der Waals surface area (Å²) in [4.78, 5) is 33.3. The van der Waals surface area contributed by atoms with Gasteiger partial charge in [-0.15, -0.1) is 22.7 Å². The predicted octanol–water partition coefficient (Wildman–Crippen LogP) is 7.94. The van der Waals surface area contributed by atoms with Crippen molar-refractivity contribution in [3.63, 3.8) is 0 Å². The fourth-order valence-electron chi connectivity index (χ4n) is 5.83. The Labute approximate surface area is 257 Å². The van der Waals surface area contributed by atoms with Crippen LogP contribution in [0.25, 0.3) is 0 Å². The summed E-state index contributed by atoms with van der Waals surface area (Å²) in [5.74, 6) is 0.590. The zero-order chi connectivity index (χ0) is 29.6. The highest BCUT2D eigenvalue weighted by atomic mass is 32.1. The standard InChI is InChI=1S/2C18H19NOS/c2*1-3-14-10-15-16(13-8-6-5-7-9-13)11-19(18(20)4-2)12-17(15)21-14/h2*4-10,16H,2-3,11-12H2,1H3/t2*16-/m10/s1. The topological polar surface area (TPSA) is 40.6 Å². The number of nitrogens with zero attached hydrogens (tertiary/aromatic N) is 2. The van der Waals surface area contributed by atoms with Gasteiger partial charge < -0.3 is 9.80 Å². The van der Waals surface area contributed by atoms with Gasteiger partial charge in [0, 0.05) is 44.4 Å². The summed E-state index contributed by atoms with van der Waals surface area (Å²) >= 11 is 3.67. The van der Waals surface area contributed by atoms with Gasteiger partial charge in [-0.05, 0) is 59.4 Å². The molecule has 2 aliphatic rings. The molecule has 2 aliphatic heterocycles. The second-order valence-electron chi connectivity index (χ2n) is 10.7. The van der Waals surface area contributed by atoms with Crippen LogP contribution in [0.15, 0.2) is 98.1 Å². The molecule has 42 heavy (non-hydrogen) atoms. The van der Waals surface area contributed by atoms with Crippen LogP contribution < -0.4 is 0 Å². The molecule has 4 nitrogen and oxygen atoms in total. The number of rotatable bonds is 6. The minimum absolute atomic E-state index is 0.0213. The highest BCUT2D eigenvalue weighted by molar-refractivity contribution is 7.12. The Morgan fingerprint density at radius 1 is 0.714 bits per heavy atom. The fourth-order valence-corrected chi connectivity index (χ4v) is 8.21. The van der Waals surface area contributed by atoms with Crippen LogP contribution >= 0.6 is 22.7 Å². The fraction of sp³-hybridized carbons (Fsp3) is 0.278. The first-order chi connectivity index (χ1) is 20.4. The highest BCUT2D eigenvalue weighted by Crippen LogP contribution is 2.40. The molecule has 2 aromatic heterocycles. The third-order valence-corrected chi connectivity index (χ3v) is 10.6. The van der Waals surface area contributed by atoms with E-state index in [4.69, 9.17) is 0 Å². The molecular formula is C36H38N2O2S2. The van der Waals surface area contributed by atoms with Crippen LogP contribution in [0.3, 0.4) is 0 Å². The molecule has 2 amide bonds. The molecule has 2 aromatic carbocycles. The van der Waals surface area contributed by atoms with Crippen molar-refractivity contribution in [1.29, 1.82) is 0 Å². The second-order valence-corrected chi connectivity index (χ2v) is 13.1. The molecule has 0 unspecified atom stereocenters. The average molecular weight is 595 g/mol. The lowest BCUT2D eigenvalue weighted by Crippen LogP contribution is -2.36. The summed E-state index contributed by atoms with van der Waals surface area (Å²) in [6.45, 7) is 14.5. The molecule has 4 aromatic rings. The SMILES string of the molecule is C=CC(=O)N1Cc2sc(CC)cc2[C@@H](c2ccccc2)C1.C=CC(=O)N1Cc2sc(CC)cc2[C@H](c2ccccc2)C1. The van der Waals surface area contributed by atoms with Crippen molar-refractivity contribution in [2.45, 2.75) is 51.6 Å². The van der Waals surface area contributed by atoms with E-state index in [1.807, 2.05) is 44.6 Å². The molecule has 0 saturated carbocycles. The quantitative estimate of drug-likeness (QED) is 0.213. The summed E-state index contributed by atoms with van der Waals surface area (Å²) in [5.41, 5.74) is 5.36. The van der Waals surface area contributed by atoms with Gasteiger partial charge in [0.05, 0.1) is 13.1 Å². The maximum absolute atomic E-state index is 12.0. The predicted molar refractivity (Wildman–Crippen MR) is 175 cm³/mol. The molecule has 6 heteroatoms. The third kappa shape index (κ3) is 6.35. The van der Waals surface area contributed by atoms with Crippen LogP contribution in [0.4, 0.5) is 0 Å². The number of benzene rings is 2. The van der Waals surface area contributed by atoms with E-state index in [9.17, 15) is 9.59 Å². The van der Waals surface area contributed by atoms with Crippen molar-refractivity contribution >= 4 is 34.5 Å². The van der Waals surface area contributed by atoms with Crippen LogP contribution in [-0.4, -0.2) is 34.7 Å². The van der Waals surface area contributed by atoms with E-state index in [-0.39, 0.29) is 23.7 Å². The molecule has 0 radical (unpaired) electrons. The minimum atomic E-state index is 0.0213. The van der Waals surface area contributed by atoms with E-state index >= 15 is 0 Å². The molecule has 6 rings (SSSR count). The summed E-state index contributed by atoms with van der Waals surface area (Å²) in [5, 5.41) is 0. The Morgan fingerprint density at radius 2 is 1.10 bits per heavy atom. The van der Waals surface area contributed by atoms with Crippen LogP contribution in [-0.2, 0) is 35.5 Å². The highest BCUT2D eigenvalue weighted by Gasteiger charge is 2.31. The molecule has 0 fully saturated rings. The van der Waals surface area contributed by atoms with E-state index in [1.165, 1.54) is 53.9 Å². The molecule has 0 bridgehead atoms. The van der Waals surface area contributed by atoms with Crippen molar-refractivity contribution < 1.29 is 9.59 Å². The van der Waals surface area contributed by atoms with Gasteiger partial charge in [0.15, 0.2) is 0 Å². The van der Waals surface area contributed by atoms with Gasteiger partial charge in [-0.2, -0.15) is 0 Å². The molecule has 0 aliphatic carbocycles. The van der Waals surface area contributed by atoms with Crippen molar-refractivity contribution in [3.05, 3.63) is 140 Å². The molecule has 216 valence electrons. The summed E-state index contributed by atoms with van der Waals surface area (Å²) in [6, 6.07) is 25.6. The Hall–Kier alpha value is -3.74. The number of thiophene rings is 2. The number of aryl methyl sites for hydroxylation is 2. The lowest BCUT2D eigenvalue weighted by molar-refractivity contribution is -0.127. The van der Waals surface area contributed by atoms with E-state index in [0.717, 1.165) is 25.9 Å². The largest absolute Gasteiger partial charge is 0.333 e. The maximum atomic E-state index is 12.0. The van der Waals surface area contributed by atoms with Gasteiger partial charge in [-0.3, -0.25) is 9.59 Å². The number of fused-ring (bicyclic) bond motifs is 2. The average Bonchev–Trinajstić information content (AvgIpc) is 3.68. The zero-order valence-corrected chi connectivity index (χ0v) is 26.1. The second kappa shape index (κ2) is 13.5. The third-order valence-electron chi connectivity index (χ3n) is 8.08. The lowest BCUT2D eigenvalue weighted by Gasteiger charge is -2.32. The first-order valence-corrected chi connectivity index (χ1v) is 16.2. The van der Waals surface area contributed by atoms with Crippen LogP contribution in [0.2, 0.25) is 0 Å². The van der Waals surface area contributed by atoms with Gasteiger partial charge in [-0.1, -0.05) is 87.7 Å². The van der Waals surface area contributed by atoms with E-state index in [0.29, 0.717) is 13.1 Å². The normalized spacial score (nSPS) is 17.4. The number of carbonyl (C=O) groups is 2. The smallest absolute Gasteiger partial charge is 0.246 e.